The fraction of sp³-hybridized carbons (Fsp3) is 1.00. The second kappa shape index (κ2) is 5.27. The molecular weight excluding hydrogens is 212 g/mol. The molecule has 1 aliphatic rings. The van der Waals surface area contributed by atoms with Gasteiger partial charge in [0.25, 0.3) is 0 Å². The molecule has 0 radical (unpaired) electrons. The van der Waals surface area contributed by atoms with Gasteiger partial charge in [0, 0.05) is 12.6 Å². The smallest absolute Gasteiger partial charge is 0.214 e. The first-order valence-corrected chi connectivity index (χ1v) is 7.22. The van der Waals surface area contributed by atoms with Gasteiger partial charge in [-0.3, -0.25) is 0 Å². The van der Waals surface area contributed by atoms with Crippen molar-refractivity contribution in [2.45, 2.75) is 32.7 Å². The van der Waals surface area contributed by atoms with Crippen LogP contribution in [0.4, 0.5) is 0 Å². The maximum atomic E-state index is 12.0. The van der Waals surface area contributed by atoms with Crippen molar-refractivity contribution in [3.05, 3.63) is 0 Å². The zero-order chi connectivity index (χ0) is 11.5. The third kappa shape index (κ3) is 3.43. The van der Waals surface area contributed by atoms with Gasteiger partial charge in [0.1, 0.15) is 0 Å². The van der Waals surface area contributed by atoms with Crippen molar-refractivity contribution in [2.24, 2.45) is 5.92 Å². The highest BCUT2D eigenvalue weighted by molar-refractivity contribution is 7.89. The van der Waals surface area contributed by atoms with Crippen LogP contribution in [-0.2, 0) is 10.0 Å². The van der Waals surface area contributed by atoms with Crippen LogP contribution in [-0.4, -0.2) is 44.7 Å². The standard InChI is InChI=1S/C10H22N2O2S/c1-9-7-10(2)12(8-9)15(13,14)6-4-5-11-3/h9-11H,4-8H2,1-3H3. The molecule has 0 aromatic heterocycles. The number of nitrogens with one attached hydrogen (secondary N) is 1. The predicted molar refractivity (Wildman–Crippen MR) is 62.3 cm³/mol. The van der Waals surface area contributed by atoms with E-state index < -0.39 is 10.0 Å². The molecule has 1 N–H and O–H groups in total. The van der Waals surface area contributed by atoms with E-state index in [0.29, 0.717) is 18.9 Å². The molecule has 4 nitrogen and oxygen atoms in total. The molecule has 0 saturated carbocycles. The van der Waals surface area contributed by atoms with Crippen LogP contribution in [0.1, 0.15) is 26.7 Å². The van der Waals surface area contributed by atoms with Crippen LogP contribution in [0.3, 0.4) is 0 Å². The number of rotatable bonds is 5. The second-order valence-electron chi connectivity index (χ2n) is 4.53. The van der Waals surface area contributed by atoms with Crippen molar-refractivity contribution in [2.75, 3.05) is 25.9 Å². The summed E-state index contributed by atoms with van der Waals surface area (Å²) in [6.45, 7) is 5.57. The minimum absolute atomic E-state index is 0.180. The maximum Gasteiger partial charge on any atom is 0.214 e. The lowest BCUT2D eigenvalue weighted by atomic mass is 10.1. The maximum absolute atomic E-state index is 12.0. The molecular formula is C10H22N2O2S. The Hall–Kier alpha value is -0.130. The number of nitrogens with zero attached hydrogens (tertiary/aromatic N) is 1. The van der Waals surface area contributed by atoms with Crippen LogP contribution < -0.4 is 5.32 Å². The average Bonchev–Trinajstić information content (AvgIpc) is 2.46. The van der Waals surface area contributed by atoms with Crippen molar-refractivity contribution >= 4 is 10.0 Å². The molecule has 90 valence electrons. The molecule has 0 aliphatic carbocycles. The molecule has 0 spiro atoms. The molecule has 0 bridgehead atoms. The van der Waals surface area contributed by atoms with E-state index in [1.54, 1.807) is 4.31 Å². The molecule has 0 amide bonds. The molecule has 1 rings (SSSR count). The van der Waals surface area contributed by atoms with Gasteiger partial charge in [0.2, 0.25) is 10.0 Å². The molecule has 15 heavy (non-hydrogen) atoms. The molecule has 0 aromatic carbocycles. The summed E-state index contributed by atoms with van der Waals surface area (Å²) in [6, 6.07) is 0.180. The fourth-order valence-corrected chi connectivity index (χ4v) is 4.06. The normalized spacial score (nSPS) is 28.5. The van der Waals surface area contributed by atoms with E-state index in [-0.39, 0.29) is 11.8 Å². The molecule has 2 unspecified atom stereocenters. The number of sulfonamides is 1. The Morgan fingerprint density at radius 1 is 1.40 bits per heavy atom. The van der Waals surface area contributed by atoms with Crippen molar-refractivity contribution in [3.8, 4) is 0 Å². The topological polar surface area (TPSA) is 49.4 Å². The SMILES string of the molecule is CNCCCS(=O)(=O)N1CC(C)CC1C. The van der Waals surface area contributed by atoms with Crippen LogP contribution in [0, 0.1) is 5.92 Å². The Bertz CT molecular complexity index is 290. The lowest BCUT2D eigenvalue weighted by Gasteiger charge is -2.20. The lowest BCUT2D eigenvalue weighted by Crippen LogP contribution is -2.36. The second-order valence-corrected chi connectivity index (χ2v) is 6.57. The zero-order valence-electron chi connectivity index (χ0n) is 9.86. The first kappa shape index (κ1) is 12.9. The highest BCUT2D eigenvalue weighted by Gasteiger charge is 2.34. The summed E-state index contributed by atoms with van der Waals surface area (Å²) in [6.07, 6.45) is 1.68. The van der Waals surface area contributed by atoms with E-state index in [9.17, 15) is 8.42 Å². The summed E-state index contributed by atoms with van der Waals surface area (Å²) in [7, 11) is -1.18. The fourth-order valence-electron chi connectivity index (χ4n) is 2.20. The Kier molecular flexibility index (Phi) is 4.55. The Balaban J connectivity index is 2.54. The third-order valence-electron chi connectivity index (χ3n) is 2.91. The van der Waals surface area contributed by atoms with E-state index in [0.717, 1.165) is 13.0 Å². The lowest BCUT2D eigenvalue weighted by molar-refractivity contribution is 0.404. The van der Waals surface area contributed by atoms with Crippen LogP contribution in [0.5, 0.6) is 0 Å². The first-order chi connectivity index (χ1) is 6.97. The molecule has 2 atom stereocenters. The van der Waals surface area contributed by atoms with Gasteiger partial charge in [-0.2, -0.15) is 4.31 Å². The Morgan fingerprint density at radius 2 is 2.07 bits per heavy atom. The highest BCUT2D eigenvalue weighted by Crippen LogP contribution is 2.25. The minimum Gasteiger partial charge on any atom is -0.320 e. The van der Waals surface area contributed by atoms with Crippen LogP contribution in [0.2, 0.25) is 0 Å². The molecule has 5 heteroatoms. The monoisotopic (exact) mass is 234 g/mol. The van der Waals surface area contributed by atoms with Crippen molar-refractivity contribution in [1.82, 2.24) is 9.62 Å². The van der Waals surface area contributed by atoms with Crippen molar-refractivity contribution < 1.29 is 8.42 Å². The summed E-state index contributed by atoms with van der Waals surface area (Å²) in [4.78, 5) is 0. The van der Waals surface area contributed by atoms with Gasteiger partial charge in [-0.1, -0.05) is 6.92 Å². The van der Waals surface area contributed by atoms with Crippen LogP contribution >= 0.6 is 0 Å². The summed E-state index contributed by atoms with van der Waals surface area (Å²) in [5.74, 6) is 0.768. The third-order valence-corrected chi connectivity index (χ3v) is 4.94. The van der Waals surface area contributed by atoms with Gasteiger partial charge in [-0.05, 0) is 39.3 Å². The number of hydrogen-bond donors (Lipinski definition) is 1. The van der Waals surface area contributed by atoms with Gasteiger partial charge < -0.3 is 5.32 Å². The largest absolute Gasteiger partial charge is 0.320 e. The average molecular weight is 234 g/mol. The molecule has 1 heterocycles. The minimum atomic E-state index is -3.02. The quantitative estimate of drug-likeness (QED) is 0.711. The van der Waals surface area contributed by atoms with E-state index in [2.05, 4.69) is 12.2 Å². The summed E-state index contributed by atoms with van der Waals surface area (Å²) >= 11 is 0. The zero-order valence-corrected chi connectivity index (χ0v) is 10.7. The van der Waals surface area contributed by atoms with E-state index in [1.807, 2.05) is 14.0 Å². The molecule has 1 aliphatic heterocycles. The van der Waals surface area contributed by atoms with Crippen molar-refractivity contribution in [1.29, 1.82) is 0 Å². The number of hydrogen-bond acceptors (Lipinski definition) is 3. The summed E-state index contributed by atoms with van der Waals surface area (Å²) in [5, 5.41) is 2.97. The summed E-state index contributed by atoms with van der Waals surface area (Å²) in [5.41, 5.74) is 0. The van der Waals surface area contributed by atoms with Crippen LogP contribution in [0.15, 0.2) is 0 Å². The van der Waals surface area contributed by atoms with Gasteiger partial charge >= 0.3 is 0 Å². The summed E-state index contributed by atoms with van der Waals surface area (Å²) < 4.78 is 25.6. The van der Waals surface area contributed by atoms with Gasteiger partial charge in [-0.15, -0.1) is 0 Å². The molecule has 1 saturated heterocycles. The van der Waals surface area contributed by atoms with Gasteiger partial charge in [-0.25, -0.2) is 8.42 Å². The van der Waals surface area contributed by atoms with Crippen LogP contribution in [0.25, 0.3) is 0 Å². The molecule has 0 aromatic rings. The van der Waals surface area contributed by atoms with E-state index in [1.165, 1.54) is 0 Å². The van der Waals surface area contributed by atoms with Gasteiger partial charge in [0.05, 0.1) is 5.75 Å². The van der Waals surface area contributed by atoms with E-state index >= 15 is 0 Å². The van der Waals surface area contributed by atoms with E-state index in [4.69, 9.17) is 0 Å². The Labute approximate surface area is 93.1 Å². The van der Waals surface area contributed by atoms with Crippen molar-refractivity contribution in [3.63, 3.8) is 0 Å². The first-order valence-electron chi connectivity index (χ1n) is 5.61. The highest BCUT2D eigenvalue weighted by atomic mass is 32.2. The Morgan fingerprint density at radius 3 is 2.53 bits per heavy atom. The van der Waals surface area contributed by atoms with Gasteiger partial charge in [0.15, 0.2) is 0 Å². The molecule has 1 fully saturated rings. The predicted octanol–water partition coefficient (Wildman–Crippen LogP) is 0.656.